The predicted octanol–water partition coefficient (Wildman–Crippen LogP) is 2.99. The van der Waals surface area contributed by atoms with E-state index in [-0.39, 0.29) is 10.6 Å². The van der Waals surface area contributed by atoms with Crippen LogP contribution < -0.4 is 4.90 Å². The Balaban J connectivity index is 1.58. The molecule has 2 aliphatic heterocycles. The van der Waals surface area contributed by atoms with Gasteiger partial charge in [-0.25, -0.2) is 0 Å². The Bertz CT molecular complexity index is 461. The summed E-state index contributed by atoms with van der Waals surface area (Å²) in [4.78, 5) is 12.6. The highest BCUT2D eigenvalue weighted by Gasteiger charge is 2.29. The van der Waals surface area contributed by atoms with Crippen molar-refractivity contribution in [3.05, 3.63) is 34.4 Å². The molecule has 0 spiro atoms. The molecule has 5 heteroatoms. The van der Waals surface area contributed by atoms with Crippen LogP contribution in [0.3, 0.4) is 0 Å². The maximum atomic E-state index is 10.7. The van der Waals surface area contributed by atoms with Gasteiger partial charge in [-0.15, -0.1) is 0 Å². The smallest absolute Gasteiger partial charge is 0.269 e. The Morgan fingerprint density at radius 1 is 1.15 bits per heavy atom. The number of nitro groups is 1. The van der Waals surface area contributed by atoms with E-state index in [9.17, 15) is 10.1 Å². The van der Waals surface area contributed by atoms with Crippen LogP contribution in [0, 0.1) is 16.0 Å². The van der Waals surface area contributed by atoms with Crippen molar-refractivity contribution in [3.8, 4) is 0 Å². The third kappa shape index (κ3) is 2.77. The minimum Gasteiger partial charge on any atom is -0.378 e. The van der Waals surface area contributed by atoms with Crippen LogP contribution >= 0.6 is 0 Å². The summed E-state index contributed by atoms with van der Waals surface area (Å²) >= 11 is 0. The van der Waals surface area contributed by atoms with Crippen LogP contribution in [-0.4, -0.2) is 30.7 Å². The molecule has 0 bridgehead atoms. The van der Waals surface area contributed by atoms with Crippen LogP contribution in [-0.2, 0) is 4.74 Å². The van der Waals surface area contributed by atoms with Crippen molar-refractivity contribution < 1.29 is 9.66 Å². The van der Waals surface area contributed by atoms with Crippen LogP contribution in [0.4, 0.5) is 11.4 Å². The highest BCUT2D eigenvalue weighted by molar-refractivity contribution is 5.51. The molecule has 0 saturated carbocycles. The number of non-ortho nitro benzene ring substituents is 1. The quantitative estimate of drug-likeness (QED) is 0.629. The molecule has 1 aromatic rings. The Kier molecular flexibility index (Phi) is 3.87. The second-order valence-electron chi connectivity index (χ2n) is 5.65. The number of piperidine rings is 1. The average molecular weight is 276 g/mol. The normalized spacial score (nSPS) is 24.0. The molecule has 1 atom stereocenters. The molecule has 0 amide bonds. The summed E-state index contributed by atoms with van der Waals surface area (Å²) in [6.45, 7) is 2.96. The van der Waals surface area contributed by atoms with Gasteiger partial charge in [-0.05, 0) is 43.7 Å². The Morgan fingerprint density at radius 3 is 2.40 bits per heavy atom. The summed E-state index contributed by atoms with van der Waals surface area (Å²) in [5.41, 5.74) is 1.24. The van der Waals surface area contributed by atoms with E-state index in [0.717, 1.165) is 38.2 Å². The van der Waals surface area contributed by atoms with E-state index in [1.807, 2.05) is 12.1 Å². The van der Waals surface area contributed by atoms with E-state index in [1.165, 1.54) is 12.8 Å². The van der Waals surface area contributed by atoms with Gasteiger partial charge in [0.15, 0.2) is 0 Å². The first-order chi connectivity index (χ1) is 9.74. The van der Waals surface area contributed by atoms with E-state index < -0.39 is 0 Å². The van der Waals surface area contributed by atoms with Crippen LogP contribution in [0.5, 0.6) is 0 Å². The minimum atomic E-state index is -0.354. The van der Waals surface area contributed by atoms with Gasteiger partial charge < -0.3 is 9.64 Å². The highest BCUT2D eigenvalue weighted by atomic mass is 16.6. The van der Waals surface area contributed by atoms with Crippen LogP contribution in [0.15, 0.2) is 24.3 Å². The van der Waals surface area contributed by atoms with E-state index in [2.05, 4.69) is 4.90 Å². The Labute approximate surface area is 118 Å². The molecule has 0 aromatic heterocycles. The van der Waals surface area contributed by atoms with Crippen LogP contribution in [0.1, 0.15) is 25.7 Å². The number of rotatable bonds is 3. The second kappa shape index (κ2) is 5.79. The van der Waals surface area contributed by atoms with Gasteiger partial charge in [0.2, 0.25) is 0 Å². The van der Waals surface area contributed by atoms with Crippen molar-refractivity contribution in [3.63, 3.8) is 0 Å². The van der Waals surface area contributed by atoms with Crippen molar-refractivity contribution >= 4 is 11.4 Å². The van der Waals surface area contributed by atoms with Gasteiger partial charge >= 0.3 is 0 Å². The zero-order valence-corrected chi connectivity index (χ0v) is 11.5. The summed E-state index contributed by atoms with van der Waals surface area (Å²) in [6.07, 6.45) is 5.19. The predicted molar refractivity (Wildman–Crippen MR) is 77.0 cm³/mol. The lowest BCUT2D eigenvalue weighted by atomic mass is 9.89. The van der Waals surface area contributed by atoms with Gasteiger partial charge in [0.1, 0.15) is 0 Å². The number of ether oxygens (including phenoxy) is 1. The number of nitro benzene ring substituents is 1. The number of hydrogen-bond acceptors (Lipinski definition) is 4. The summed E-state index contributed by atoms with van der Waals surface area (Å²) < 4.78 is 5.78. The second-order valence-corrected chi connectivity index (χ2v) is 5.65. The zero-order valence-electron chi connectivity index (χ0n) is 11.5. The van der Waals surface area contributed by atoms with Crippen molar-refractivity contribution in [2.24, 2.45) is 5.92 Å². The monoisotopic (exact) mass is 276 g/mol. The Morgan fingerprint density at radius 2 is 1.85 bits per heavy atom. The van der Waals surface area contributed by atoms with Gasteiger partial charge in [0.05, 0.1) is 11.0 Å². The molecule has 3 rings (SSSR count). The fourth-order valence-corrected chi connectivity index (χ4v) is 3.29. The standard InChI is InChI=1S/C15H20N2O3/c18-17(19)14-5-3-13(4-6-14)16-9-7-12(8-10-16)15-2-1-11-20-15/h3-6,12,15H,1-2,7-11H2. The minimum absolute atomic E-state index is 0.156. The number of anilines is 1. The van der Waals surface area contributed by atoms with Crippen molar-refractivity contribution in [1.82, 2.24) is 0 Å². The van der Waals surface area contributed by atoms with Gasteiger partial charge in [-0.1, -0.05) is 0 Å². The lowest BCUT2D eigenvalue weighted by molar-refractivity contribution is -0.384. The third-order valence-corrected chi connectivity index (χ3v) is 4.46. The van der Waals surface area contributed by atoms with E-state index in [0.29, 0.717) is 12.0 Å². The van der Waals surface area contributed by atoms with Crippen LogP contribution in [0.25, 0.3) is 0 Å². The molecule has 0 aliphatic carbocycles. The third-order valence-electron chi connectivity index (χ3n) is 4.46. The fourth-order valence-electron chi connectivity index (χ4n) is 3.29. The zero-order chi connectivity index (χ0) is 13.9. The van der Waals surface area contributed by atoms with Gasteiger partial charge in [0.25, 0.3) is 5.69 Å². The summed E-state index contributed by atoms with van der Waals surface area (Å²) in [7, 11) is 0. The molecule has 20 heavy (non-hydrogen) atoms. The van der Waals surface area contributed by atoms with Gasteiger partial charge in [-0.3, -0.25) is 10.1 Å². The van der Waals surface area contributed by atoms with Gasteiger partial charge in [0, 0.05) is 37.5 Å². The Hall–Kier alpha value is -1.62. The van der Waals surface area contributed by atoms with Crippen molar-refractivity contribution in [2.45, 2.75) is 31.8 Å². The lowest BCUT2D eigenvalue weighted by Gasteiger charge is -2.35. The molecule has 5 nitrogen and oxygen atoms in total. The summed E-state index contributed by atoms with van der Waals surface area (Å²) in [6, 6.07) is 6.87. The number of nitrogens with zero attached hydrogens (tertiary/aromatic N) is 2. The first-order valence-corrected chi connectivity index (χ1v) is 7.35. The van der Waals surface area contributed by atoms with Gasteiger partial charge in [-0.2, -0.15) is 0 Å². The molecule has 2 saturated heterocycles. The molecule has 0 radical (unpaired) electrons. The van der Waals surface area contributed by atoms with E-state index in [4.69, 9.17) is 4.74 Å². The van der Waals surface area contributed by atoms with E-state index >= 15 is 0 Å². The molecule has 108 valence electrons. The largest absolute Gasteiger partial charge is 0.378 e. The molecule has 0 N–H and O–H groups in total. The number of benzene rings is 1. The molecule has 2 fully saturated rings. The molecular formula is C15H20N2O3. The van der Waals surface area contributed by atoms with Crippen molar-refractivity contribution in [1.29, 1.82) is 0 Å². The maximum absolute atomic E-state index is 10.7. The maximum Gasteiger partial charge on any atom is 0.269 e. The van der Waals surface area contributed by atoms with Crippen LogP contribution in [0.2, 0.25) is 0 Å². The summed E-state index contributed by atoms with van der Waals surface area (Å²) in [5, 5.41) is 10.7. The lowest BCUT2D eigenvalue weighted by Crippen LogP contribution is -2.37. The molecule has 1 aromatic carbocycles. The average Bonchev–Trinajstić information content (AvgIpc) is 3.02. The molecular weight excluding hydrogens is 256 g/mol. The topological polar surface area (TPSA) is 55.6 Å². The van der Waals surface area contributed by atoms with Crippen molar-refractivity contribution in [2.75, 3.05) is 24.6 Å². The molecule has 2 aliphatic rings. The fraction of sp³-hybridized carbons (Fsp3) is 0.600. The summed E-state index contributed by atoms with van der Waals surface area (Å²) in [5.74, 6) is 0.687. The number of hydrogen-bond donors (Lipinski definition) is 0. The molecule has 2 heterocycles. The van der Waals surface area contributed by atoms with E-state index in [1.54, 1.807) is 12.1 Å². The first kappa shape index (κ1) is 13.4. The highest BCUT2D eigenvalue weighted by Crippen LogP contribution is 2.31. The SMILES string of the molecule is O=[N+]([O-])c1ccc(N2CCC(C3CCCO3)CC2)cc1. The molecule has 1 unspecified atom stereocenters. The first-order valence-electron chi connectivity index (χ1n) is 7.35.